The Balaban J connectivity index is 1.47. The Morgan fingerprint density at radius 1 is 0.720 bits per heavy atom. The maximum atomic E-state index is 5.94. The van der Waals surface area contributed by atoms with E-state index in [1.165, 1.54) is 12.8 Å². The Bertz CT molecular complexity index is 517. The van der Waals surface area contributed by atoms with Crippen molar-refractivity contribution in [1.29, 1.82) is 0 Å². The standard InChI is InChI=1S/C20H31NO2Si2/c1-17(24-22-19-9-5-3-6-10-19)13-15-21-16-14-18(2)25-23-20-11-7-4-8-12-20/h3-12,17-18,21H,13-16,24-25H2,1-2H3. The van der Waals surface area contributed by atoms with Gasteiger partial charge in [0.25, 0.3) is 0 Å². The maximum Gasteiger partial charge on any atom is 0.222 e. The molecule has 136 valence electrons. The van der Waals surface area contributed by atoms with Crippen molar-refractivity contribution in [3.05, 3.63) is 60.7 Å². The van der Waals surface area contributed by atoms with E-state index in [-0.39, 0.29) is 0 Å². The number of hydrogen-bond donors (Lipinski definition) is 1. The molecule has 0 aliphatic carbocycles. The average molecular weight is 374 g/mol. The molecular weight excluding hydrogens is 342 g/mol. The van der Waals surface area contributed by atoms with Gasteiger partial charge in [-0.25, -0.2) is 0 Å². The van der Waals surface area contributed by atoms with E-state index in [2.05, 4.69) is 19.2 Å². The second kappa shape index (κ2) is 11.9. The van der Waals surface area contributed by atoms with Crippen LogP contribution in [0.25, 0.3) is 0 Å². The van der Waals surface area contributed by atoms with Crippen LogP contribution in [-0.2, 0) is 0 Å². The summed E-state index contributed by atoms with van der Waals surface area (Å²) in [6.45, 7) is 6.78. The molecule has 0 saturated carbocycles. The molecule has 0 bridgehead atoms. The minimum Gasteiger partial charge on any atom is -0.549 e. The molecule has 0 amide bonds. The van der Waals surface area contributed by atoms with E-state index in [1.807, 2.05) is 60.7 Å². The molecule has 0 aromatic heterocycles. The van der Waals surface area contributed by atoms with Gasteiger partial charge in [-0.2, -0.15) is 0 Å². The lowest BCUT2D eigenvalue weighted by Crippen LogP contribution is -2.22. The monoisotopic (exact) mass is 373 g/mol. The van der Waals surface area contributed by atoms with Gasteiger partial charge in [0.05, 0.1) is 0 Å². The molecule has 0 spiro atoms. The Morgan fingerprint density at radius 2 is 1.12 bits per heavy atom. The van der Waals surface area contributed by atoms with Gasteiger partial charge in [0.1, 0.15) is 11.5 Å². The summed E-state index contributed by atoms with van der Waals surface area (Å²) in [5, 5.41) is 3.58. The van der Waals surface area contributed by atoms with Gasteiger partial charge in [0.2, 0.25) is 19.5 Å². The van der Waals surface area contributed by atoms with Crippen LogP contribution in [0.3, 0.4) is 0 Å². The summed E-state index contributed by atoms with van der Waals surface area (Å²) in [7, 11) is -1.01. The number of benzene rings is 2. The van der Waals surface area contributed by atoms with Crippen molar-refractivity contribution in [3.8, 4) is 11.5 Å². The van der Waals surface area contributed by atoms with Crippen molar-refractivity contribution < 1.29 is 8.85 Å². The molecule has 0 aliphatic heterocycles. The fourth-order valence-corrected chi connectivity index (χ4v) is 4.58. The highest BCUT2D eigenvalue weighted by atomic mass is 28.2. The van der Waals surface area contributed by atoms with E-state index in [9.17, 15) is 0 Å². The first-order chi connectivity index (χ1) is 12.2. The predicted octanol–water partition coefficient (Wildman–Crippen LogP) is 3.30. The van der Waals surface area contributed by atoms with E-state index in [1.54, 1.807) is 0 Å². The van der Waals surface area contributed by atoms with Crippen LogP contribution in [0.1, 0.15) is 26.7 Å². The highest BCUT2D eigenvalue weighted by Gasteiger charge is 2.07. The van der Waals surface area contributed by atoms with Crippen LogP contribution in [0.2, 0.25) is 11.1 Å². The third-order valence-corrected chi connectivity index (χ3v) is 7.14. The van der Waals surface area contributed by atoms with E-state index in [0.717, 1.165) is 24.6 Å². The normalized spacial score (nSPS) is 14.2. The van der Waals surface area contributed by atoms with Crippen molar-refractivity contribution >= 4 is 19.5 Å². The molecule has 25 heavy (non-hydrogen) atoms. The zero-order valence-electron chi connectivity index (χ0n) is 15.5. The molecule has 0 saturated heterocycles. The third kappa shape index (κ3) is 8.90. The van der Waals surface area contributed by atoms with E-state index < -0.39 is 19.5 Å². The minimum absolute atomic E-state index is 0.504. The molecule has 0 heterocycles. The molecule has 5 heteroatoms. The number of rotatable bonds is 12. The van der Waals surface area contributed by atoms with Crippen LogP contribution in [0, 0.1) is 0 Å². The Kier molecular flexibility index (Phi) is 9.40. The van der Waals surface area contributed by atoms with Gasteiger partial charge >= 0.3 is 0 Å². The molecular formula is C20H31NO2Si2. The van der Waals surface area contributed by atoms with Gasteiger partial charge in [-0.05, 0) is 61.3 Å². The second-order valence-electron chi connectivity index (χ2n) is 6.79. The van der Waals surface area contributed by atoms with Gasteiger partial charge in [-0.15, -0.1) is 0 Å². The minimum atomic E-state index is -0.504. The van der Waals surface area contributed by atoms with Gasteiger partial charge in [0, 0.05) is 0 Å². The van der Waals surface area contributed by atoms with Crippen LogP contribution in [0.4, 0.5) is 0 Å². The maximum absolute atomic E-state index is 5.94. The smallest absolute Gasteiger partial charge is 0.222 e. The zero-order chi connectivity index (χ0) is 17.7. The van der Waals surface area contributed by atoms with Crippen LogP contribution in [0.5, 0.6) is 11.5 Å². The highest BCUT2D eigenvalue weighted by molar-refractivity contribution is 6.30. The summed E-state index contributed by atoms with van der Waals surface area (Å²) in [6.07, 6.45) is 2.40. The third-order valence-electron chi connectivity index (χ3n) is 4.18. The van der Waals surface area contributed by atoms with Gasteiger partial charge in [-0.3, -0.25) is 0 Å². The van der Waals surface area contributed by atoms with Crippen molar-refractivity contribution in [2.24, 2.45) is 0 Å². The van der Waals surface area contributed by atoms with Crippen LogP contribution >= 0.6 is 0 Å². The molecule has 2 rings (SSSR count). The lowest BCUT2D eigenvalue weighted by atomic mass is 10.3. The molecule has 3 nitrogen and oxygen atoms in total. The molecule has 0 aliphatic rings. The average Bonchev–Trinajstić information content (AvgIpc) is 2.66. The molecule has 2 unspecified atom stereocenters. The Hall–Kier alpha value is -1.57. The van der Waals surface area contributed by atoms with Gasteiger partial charge < -0.3 is 14.2 Å². The van der Waals surface area contributed by atoms with E-state index in [4.69, 9.17) is 8.85 Å². The molecule has 2 atom stereocenters. The van der Waals surface area contributed by atoms with Gasteiger partial charge in [0.15, 0.2) is 0 Å². The summed E-state index contributed by atoms with van der Waals surface area (Å²) >= 11 is 0. The number of nitrogens with one attached hydrogen (secondary N) is 1. The zero-order valence-corrected chi connectivity index (χ0v) is 18.3. The fraction of sp³-hybridized carbons (Fsp3) is 0.400. The van der Waals surface area contributed by atoms with Gasteiger partial charge in [-0.1, -0.05) is 50.2 Å². The quantitative estimate of drug-likeness (QED) is 0.457. The summed E-state index contributed by atoms with van der Waals surface area (Å²) < 4.78 is 11.9. The largest absolute Gasteiger partial charge is 0.549 e. The van der Waals surface area contributed by atoms with Crippen molar-refractivity contribution in [1.82, 2.24) is 5.32 Å². The van der Waals surface area contributed by atoms with Crippen LogP contribution < -0.4 is 14.2 Å². The summed E-state index contributed by atoms with van der Waals surface area (Å²) in [6, 6.07) is 20.3. The lowest BCUT2D eigenvalue weighted by molar-refractivity contribution is 0.540. The molecule has 2 aromatic carbocycles. The fourth-order valence-electron chi connectivity index (χ4n) is 2.50. The topological polar surface area (TPSA) is 30.5 Å². The van der Waals surface area contributed by atoms with Crippen molar-refractivity contribution in [3.63, 3.8) is 0 Å². The molecule has 2 aromatic rings. The molecule has 0 radical (unpaired) electrons. The van der Waals surface area contributed by atoms with Crippen LogP contribution in [0.15, 0.2) is 60.7 Å². The first kappa shape index (κ1) is 19.8. The first-order valence-electron chi connectivity index (χ1n) is 9.30. The summed E-state index contributed by atoms with van der Waals surface area (Å²) in [4.78, 5) is 0. The van der Waals surface area contributed by atoms with E-state index in [0.29, 0.717) is 11.1 Å². The number of hydrogen-bond acceptors (Lipinski definition) is 3. The predicted molar refractivity (Wildman–Crippen MR) is 112 cm³/mol. The van der Waals surface area contributed by atoms with E-state index >= 15 is 0 Å². The Labute approximate surface area is 157 Å². The molecule has 0 fully saturated rings. The first-order valence-corrected chi connectivity index (χ1v) is 12.1. The van der Waals surface area contributed by atoms with Crippen molar-refractivity contribution in [2.75, 3.05) is 13.1 Å². The second-order valence-corrected chi connectivity index (χ2v) is 10.8. The van der Waals surface area contributed by atoms with Crippen LogP contribution in [-0.4, -0.2) is 32.6 Å². The number of para-hydroxylation sites is 2. The summed E-state index contributed by atoms with van der Waals surface area (Å²) in [5.41, 5.74) is 1.39. The lowest BCUT2D eigenvalue weighted by Gasteiger charge is -2.15. The highest BCUT2D eigenvalue weighted by Crippen LogP contribution is 2.14. The summed E-state index contributed by atoms with van der Waals surface area (Å²) in [5.74, 6) is 2.04. The molecule has 1 N–H and O–H groups in total. The SMILES string of the molecule is CC(CCNCCC(C)[SiH2]Oc1ccccc1)[SiH2]Oc1ccccc1. The Morgan fingerprint density at radius 3 is 1.52 bits per heavy atom. The van der Waals surface area contributed by atoms with Crippen molar-refractivity contribution in [2.45, 2.75) is 37.8 Å².